The van der Waals surface area contributed by atoms with E-state index in [4.69, 9.17) is 21.4 Å². The van der Waals surface area contributed by atoms with Crippen LogP contribution in [0.1, 0.15) is 19.8 Å². The lowest BCUT2D eigenvalue weighted by Gasteiger charge is -2.42. The van der Waals surface area contributed by atoms with Gasteiger partial charge in [0.15, 0.2) is 6.10 Å². The van der Waals surface area contributed by atoms with Gasteiger partial charge in [-0.15, -0.1) is 11.6 Å². The average molecular weight is 299 g/mol. The first-order chi connectivity index (χ1) is 8.70. The van der Waals surface area contributed by atoms with Crippen molar-refractivity contribution in [1.29, 1.82) is 0 Å². The summed E-state index contributed by atoms with van der Waals surface area (Å²) in [5.74, 6) is -1.72. The van der Waals surface area contributed by atoms with Crippen LogP contribution in [0.3, 0.4) is 0 Å². The topological polar surface area (TPSA) is 46.5 Å². The quantitative estimate of drug-likeness (QED) is 0.757. The van der Waals surface area contributed by atoms with Crippen LogP contribution in [-0.4, -0.2) is 34.8 Å². The Morgan fingerprint density at radius 2 is 2.11 bits per heavy atom. The molecule has 2 aliphatic rings. The lowest BCUT2D eigenvalue weighted by Crippen LogP contribution is -2.50. The lowest BCUT2D eigenvalue weighted by atomic mass is 9.77. The molecule has 3 nitrogen and oxygen atoms in total. The molecular formula is C12H14ClF3O3. The van der Waals surface area contributed by atoms with Crippen LogP contribution in [0, 0.1) is 11.8 Å². The van der Waals surface area contributed by atoms with Crippen molar-refractivity contribution in [2.24, 2.45) is 11.8 Å². The summed E-state index contributed by atoms with van der Waals surface area (Å²) in [4.78, 5) is 11.0. The van der Waals surface area contributed by atoms with E-state index < -0.39 is 35.3 Å². The largest absolute Gasteiger partial charge is 0.478 e. The van der Waals surface area contributed by atoms with E-state index in [1.165, 1.54) is 6.08 Å². The molecule has 1 saturated carbocycles. The Bertz CT molecular complexity index is 408. The van der Waals surface area contributed by atoms with Crippen LogP contribution in [-0.2, 0) is 9.53 Å². The molecule has 5 unspecified atom stereocenters. The van der Waals surface area contributed by atoms with Crippen molar-refractivity contribution in [1.82, 2.24) is 0 Å². The second-order valence-electron chi connectivity index (χ2n) is 5.21. The Kier molecular flexibility index (Phi) is 3.84. The summed E-state index contributed by atoms with van der Waals surface area (Å²) in [7, 11) is 0. The first-order valence-corrected chi connectivity index (χ1v) is 6.45. The number of hydrogen-bond acceptors (Lipinski definition) is 2. The number of fused-ring (bicyclic) bond motifs is 1. The Balaban J connectivity index is 2.34. The van der Waals surface area contributed by atoms with E-state index in [1.807, 2.05) is 6.92 Å². The molecule has 108 valence electrons. The summed E-state index contributed by atoms with van der Waals surface area (Å²) < 4.78 is 43.5. The van der Waals surface area contributed by atoms with Crippen LogP contribution >= 0.6 is 11.6 Å². The van der Waals surface area contributed by atoms with E-state index in [9.17, 15) is 18.0 Å². The van der Waals surface area contributed by atoms with Crippen LogP contribution in [0.2, 0.25) is 0 Å². The molecule has 1 aliphatic carbocycles. The highest BCUT2D eigenvalue weighted by molar-refractivity contribution is 6.21. The Hall–Kier alpha value is -0.750. The Morgan fingerprint density at radius 3 is 2.63 bits per heavy atom. The van der Waals surface area contributed by atoms with Gasteiger partial charge in [-0.25, -0.2) is 4.79 Å². The lowest BCUT2D eigenvalue weighted by molar-refractivity contribution is -0.232. The fourth-order valence-corrected chi connectivity index (χ4v) is 3.37. The minimum atomic E-state index is -4.74. The van der Waals surface area contributed by atoms with Crippen LogP contribution in [0.15, 0.2) is 11.6 Å². The van der Waals surface area contributed by atoms with Gasteiger partial charge in [-0.3, -0.25) is 0 Å². The van der Waals surface area contributed by atoms with E-state index in [-0.39, 0.29) is 11.8 Å². The molecule has 0 radical (unpaired) electrons. The highest BCUT2D eigenvalue weighted by Gasteiger charge is 2.52. The van der Waals surface area contributed by atoms with Crippen molar-refractivity contribution in [3.05, 3.63) is 11.6 Å². The monoisotopic (exact) mass is 298 g/mol. The molecule has 5 atom stereocenters. The minimum Gasteiger partial charge on any atom is -0.478 e. The van der Waals surface area contributed by atoms with Gasteiger partial charge < -0.3 is 9.84 Å². The number of ether oxygens (including phenoxy) is 1. The third-order valence-electron chi connectivity index (χ3n) is 3.59. The van der Waals surface area contributed by atoms with Crippen molar-refractivity contribution in [2.45, 2.75) is 43.5 Å². The third kappa shape index (κ3) is 2.89. The number of hydrogen-bond donors (Lipinski definition) is 1. The molecule has 1 heterocycles. The summed E-state index contributed by atoms with van der Waals surface area (Å²) in [6, 6.07) is 0. The summed E-state index contributed by atoms with van der Waals surface area (Å²) in [5.41, 5.74) is -0.730. The van der Waals surface area contributed by atoms with Gasteiger partial charge in [0.25, 0.3) is 0 Å². The molecule has 0 aromatic carbocycles. The highest BCUT2D eigenvalue weighted by atomic mass is 35.5. The predicted octanol–water partition coefficient (Wildman–Crippen LogP) is 2.98. The number of carboxylic acids is 1. The SMILES string of the molecule is CC1CC(Cl)C2OC(C(F)(F)F)C(C(=O)O)=CC2C1. The molecule has 0 aromatic rings. The zero-order valence-electron chi connectivity index (χ0n) is 10.2. The van der Waals surface area contributed by atoms with Gasteiger partial charge in [-0.05, 0) is 18.8 Å². The zero-order valence-corrected chi connectivity index (χ0v) is 10.9. The van der Waals surface area contributed by atoms with Crippen LogP contribution in [0.4, 0.5) is 13.2 Å². The average Bonchev–Trinajstić information content (AvgIpc) is 2.25. The molecular weight excluding hydrogens is 285 g/mol. The van der Waals surface area contributed by atoms with Gasteiger partial charge >= 0.3 is 12.1 Å². The fraction of sp³-hybridized carbons (Fsp3) is 0.750. The first kappa shape index (κ1) is 14.7. The molecule has 0 saturated heterocycles. The van der Waals surface area contributed by atoms with Crippen molar-refractivity contribution in [3.8, 4) is 0 Å². The number of rotatable bonds is 1. The van der Waals surface area contributed by atoms with E-state index in [1.54, 1.807) is 0 Å². The van der Waals surface area contributed by atoms with Gasteiger partial charge in [0.1, 0.15) is 0 Å². The minimum absolute atomic E-state index is 0.237. The summed E-state index contributed by atoms with van der Waals surface area (Å²) in [5, 5.41) is 8.39. The van der Waals surface area contributed by atoms with Gasteiger partial charge in [0.2, 0.25) is 0 Å². The molecule has 1 aliphatic heterocycles. The summed E-state index contributed by atoms with van der Waals surface area (Å²) >= 11 is 6.06. The van der Waals surface area contributed by atoms with Crippen molar-refractivity contribution < 1.29 is 27.8 Å². The number of aliphatic carboxylic acids is 1. The molecule has 0 spiro atoms. The molecule has 0 amide bonds. The molecule has 2 rings (SSSR count). The van der Waals surface area contributed by atoms with Crippen molar-refractivity contribution in [3.63, 3.8) is 0 Å². The van der Waals surface area contributed by atoms with Gasteiger partial charge in [0.05, 0.1) is 17.1 Å². The van der Waals surface area contributed by atoms with E-state index >= 15 is 0 Å². The number of carbonyl (C=O) groups is 1. The molecule has 1 fully saturated rings. The second-order valence-corrected chi connectivity index (χ2v) is 5.77. The third-order valence-corrected chi connectivity index (χ3v) is 4.02. The van der Waals surface area contributed by atoms with Crippen LogP contribution < -0.4 is 0 Å². The molecule has 1 N–H and O–H groups in total. The Morgan fingerprint density at radius 1 is 1.47 bits per heavy atom. The second kappa shape index (κ2) is 4.98. The Labute approximate surface area is 113 Å². The van der Waals surface area contributed by atoms with E-state index in [2.05, 4.69) is 0 Å². The van der Waals surface area contributed by atoms with Gasteiger partial charge in [0, 0.05) is 5.92 Å². The molecule has 0 aromatic heterocycles. The number of halogens is 4. The number of carboxylic acid groups (broad SMARTS) is 1. The summed E-state index contributed by atoms with van der Waals surface area (Å²) in [6.45, 7) is 1.94. The highest BCUT2D eigenvalue weighted by Crippen LogP contribution is 2.43. The maximum absolute atomic E-state index is 12.8. The smallest absolute Gasteiger partial charge is 0.419 e. The van der Waals surface area contributed by atoms with Gasteiger partial charge in [-0.1, -0.05) is 13.0 Å². The number of alkyl halides is 4. The predicted molar refractivity (Wildman–Crippen MR) is 62.0 cm³/mol. The molecule has 19 heavy (non-hydrogen) atoms. The van der Waals surface area contributed by atoms with E-state index in [0.717, 1.165) is 0 Å². The zero-order chi connectivity index (χ0) is 14.4. The maximum atomic E-state index is 12.8. The maximum Gasteiger partial charge on any atom is 0.419 e. The van der Waals surface area contributed by atoms with Crippen LogP contribution in [0.5, 0.6) is 0 Å². The van der Waals surface area contributed by atoms with Crippen molar-refractivity contribution >= 4 is 17.6 Å². The normalized spacial score (nSPS) is 39.4. The fourth-order valence-electron chi connectivity index (χ4n) is 2.82. The standard InChI is InChI=1S/C12H14ClF3O3/c1-5-2-6-4-7(11(17)18)10(12(14,15)16)19-9(6)8(13)3-5/h4-6,8-10H,2-3H2,1H3,(H,17,18). The molecule has 0 bridgehead atoms. The first-order valence-electron chi connectivity index (χ1n) is 6.01. The molecule has 7 heteroatoms. The summed E-state index contributed by atoms with van der Waals surface area (Å²) in [6.07, 6.45) is -5.55. The van der Waals surface area contributed by atoms with Gasteiger partial charge in [-0.2, -0.15) is 13.2 Å². The van der Waals surface area contributed by atoms with Crippen LogP contribution in [0.25, 0.3) is 0 Å². The van der Waals surface area contributed by atoms with E-state index in [0.29, 0.717) is 12.8 Å². The van der Waals surface area contributed by atoms with Crippen molar-refractivity contribution in [2.75, 3.05) is 0 Å².